The Balaban J connectivity index is 4.57. The van der Waals surface area contributed by atoms with Crippen molar-refractivity contribution < 1.29 is 66.7 Å². The number of allylic oxidation sites excluding steroid dienone is 7. The third-order valence-corrected chi connectivity index (χ3v) is 11.8. The Bertz CT molecular complexity index is 1330. The number of aliphatic hydroxyl groups is 2. The quantitative estimate of drug-likeness (QED) is 0.0166. The molecule has 5 atom stereocenters. The number of carbonyl (C=O) groups excluding carboxylic acids is 2. The zero-order valence-corrected chi connectivity index (χ0v) is 40.7. The molecule has 16 heteroatoms. The Labute approximate surface area is 380 Å². The van der Waals surface area contributed by atoms with E-state index in [0.29, 0.717) is 19.3 Å². The van der Waals surface area contributed by atoms with Gasteiger partial charge in [-0.1, -0.05) is 179 Å². The molecule has 0 spiro atoms. The van der Waals surface area contributed by atoms with Gasteiger partial charge in [0.25, 0.3) is 0 Å². The van der Waals surface area contributed by atoms with Crippen molar-refractivity contribution in [3.05, 3.63) is 48.6 Å². The van der Waals surface area contributed by atoms with E-state index in [9.17, 15) is 33.8 Å². The molecule has 63 heavy (non-hydrogen) atoms. The number of phosphoric ester groups is 2. The number of esters is 2. The smallest absolute Gasteiger partial charge is 0.462 e. The highest BCUT2D eigenvalue weighted by Gasteiger charge is 2.28. The topological polar surface area (TPSA) is 216 Å². The van der Waals surface area contributed by atoms with Gasteiger partial charge in [0.1, 0.15) is 12.7 Å². The van der Waals surface area contributed by atoms with Crippen LogP contribution < -0.4 is 0 Å². The molecule has 0 aliphatic heterocycles. The Morgan fingerprint density at radius 1 is 0.556 bits per heavy atom. The maximum atomic E-state index is 12.7. The molecule has 0 aromatic carbocycles. The minimum Gasteiger partial charge on any atom is -0.462 e. The highest BCUT2D eigenvalue weighted by Crippen LogP contribution is 2.43. The van der Waals surface area contributed by atoms with Gasteiger partial charge in [-0.2, -0.15) is 0 Å². The van der Waals surface area contributed by atoms with Crippen molar-refractivity contribution in [2.24, 2.45) is 5.92 Å². The molecule has 5 N–H and O–H groups in total. The summed E-state index contributed by atoms with van der Waals surface area (Å²) in [5.74, 6) is -0.262. The minimum atomic E-state index is -4.87. The highest BCUT2D eigenvalue weighted by molar-refractivity contribution is 7.47. The molecule has 0 fully saturated rings. The molecule has 0 amide bonds. The largest absolute Gasteiger partial charge is 0.472 e. The zero-order chi connectivity index (χ0) is 46.9. The summed E-state index contributed by atoms with van der Waals surface area (Å²) in [5.41, 5.74) is 0. The zero-order valence-electron chi connectivity index (χ0n) is 38.9. The van der Waals surface area contributed by atoms with Crippen LogP contribution in [-0.2, 0) is 41.8 Å². The monoisotopic (exact) mass is 937 g/mol. The van der Waals surface area contributed by atoms with E-state index in [4.69, 9.17) is 23.8 Å². The van der Waals surface area contributed by atoms with Crippen molar-refractivity contribution in [1.29, 1.82) is 0 Å². The Morgan fingerprint density at radius 3 is 1.60 bits per heavy atom. The van der Waals surface area contributed by atoms with Gasteiger partial charge in [0.05, 0.1) is 25.9 Å². The van der Waals surface area contributed by atoms with Crippen molar-refractivity contribution in [2.75, 3.05) is 26.4 Å². The normalized spacial score (nSPS) is 15.4. The van der Waals surface area contributed by atoms with Crippen molar-refractivity contribution in [1.82, 2.24) is 0 Å². The molecular formula is C47H86O14P2. The SMILES string of the molecule is CCCC[C@H](O)/C=C\C/C=C\C/C=C\C/C=C\CCCC(=O)OC[C@H](COP(=O)(O)OC[C@@H](O)COP(=O)(O)O)OC(=O)CCCCCCCCCCCCCCCCC(C)CC. The molecule has 0 aliphatic rings. The Morgan fingerprint density at radius 2 is 1.05 bits per heavy atom. The average molecular weight is 937 g/mol. The van der Waals surface area contributed by atoms with E-state index in [-0.39, 0.29) is 18.9 Å². The van der Waals surface area contributed by atoms with Crippen LogP contribution in [0.15, 0.2) is 48.6 Å². The van der Waals surface area contributed by atoms with Crippen LogP contribution in [0.3, 0.4) is 0 Å². The van der Waals surface area contributed by atoms with Gasteiger partial charge in [-0.3, -0.25) is 23.2 Å². The lowest BCUT2D eigenvalue weighted by Gasteiger charge is -2.20. The average Bonchev–Trinajstić information content (AvgIpc) is 3.24. The molecule has 368 valence electrons. The molecule has 14 nitrogen and oxygen atoms in total. The van der Waals surface area contributed by atoms with E-state index in [1.54, 1.807) is 0 Å². The number of carbonyl (C=O) groups is 2. The van der Waals surface area contributed by atoms with Crippen LogP contribution in [0.2, 0.25) is 0 Å². The Hall–Kier alpha value is -1.96. The fourth-order valence-electron chi connectivity index (χ4n) is 6.28. The van der Waals surface area contributed by atoms with Gasteiger partial charge in [-0.15, -0.1) is 0 Å². The summed E-state index contributed by atoms with van der Waals surface area (Å²) in [7, 11) is -9.71. The third kappa shape index (κ3) is 45.0. The lowest BCUT2D eigenvalue weighted by molar-refractivity contribution is -0.161. The van der Waals surface area contributed by atoms with E-state index in [0.717, 1.165) is 63.7 Å². The van der Waals surface area contributed by atoms with Crippen molar-refractivity contribution in [3.8, 4) is 0 Å². The predicted octanol–water partition coefficient (Wildman–Crippen LogP) is 11.4. The second-order valence-corrected chi connectivity index (χ2v) is 19.1. The number of phosphoric acid groups is 2. The van der Waals surface area contributed by atoms with E-state index < -0.39 is 66.2 Å². The number of aliphatic hydroxyl groups excluding tert-OH is 2. The Kier molecular flexibility index (Phi) is 40.2. The van der Waals surface area contributed by atoms with Gasteiger partial charge in [-0.25, -0.2) is 9.13 Å². The first-order chi connectivity index (χ1) is 30.2. The first-order valence-electron chi connectivity index (χ1n) is 23.8. The van der Waals surface area contributed by atoms with Gasteiger partial charge in [0.2, 0.25) is 0 Å². The van der Waals surface area contributed by atoms with Gasteiger partial charge in [0.15, 0.2) is 6.10 Å². The fraction of sp³-hybridized carbons (Fsp3) is 0.787. The van der Waals surface area contributed by atoms with E-state index >= 15 is 0 Å². The van der Waals surface area contributed by atoms with E-state index in [2.05, 4.69) is 54.1 Å². The van der Waals surface area contributed by atoms with Gasteiger partial charge in [0, 0.05) is 12.8 Å². The summed E-state index contributed by atoms with van der Waals surface area (Å²) >= 11 is 0. The molecule has 0 aromatic heterocycles. The number of hydrogen-bond acceptors (Lipinski definition) is 11. The predicted molar refractivity (Wildman–Crippen MR) is 250 cm³/mol. The molecule has 0 aliphatic carbocycles. The standard InChI is InChI=1S/C47H86O14P2/c1-4-6-34-43(48)35-30-26-22-18-14-11-12-15-19-23-27-31-36-46(50)57-40-45(41-60-63(55,56)59-39-44(49)38-58-62(52,53)54)61-47(51)37-32-28-24-20-16-10-8-7-9-13-17-21-25-29-33-42(3)5-2/h11-12,18-19,22-23,30,35,42-45,48-49H,4-10,13-17,20-21,24-29,31-34,36-41H2,1-3H3,(H,55,56)(H2,52,53,54)/b12-11-,22-18-,23-19-,35-30-/t42?,43-,44-,45+/m0/s1. The maximum Gasteiger partial charge on any atom is 0.472 e. The third-order valence-electron chi connectivity index (χ3n) is 10.3. The molecular weight excluding hydrogens is 850 g/mol. The summed E-state index contributed by atoms with van der Waals surface area (Å²) in [6, 6.07) is 0. The molecule has 0 saturated carbocycles. The summed E-state index contributed by atoms with van der Waals surface area (Å²) in [6.45, 7) is 3.91. The van der Waals surface area contributed by atoms with Gasteiger partial charge >= 0.3 is 27.6 Å². The number of ether oxygens (including phenoxy) is 2. The fourth-order valence-corrected chi connectivity index (χ4v) is 7.43. The summed E-state index contributed by atoms with van der Waals surface area (Å²) in [5, 5.41) is 19.6. The van der Waals surface area contributed by atoms with Crippen molar-refractivity contribution in [2.45, 2.75) is 206 Å². The molecule has 0 bridgehead atoms. The van der Waals surface area contributed by atoms with Crippen LogP contribution in [-0.4, -0.2) is 81.6 Å². The van der Waals surface area contributed by atoms with Gasteiger partial charge < -0.3 is 34.4 Å². The lowest BCUT2D eigenvalue weighted by Crippen LogP contribution is -2.30. The summed E-state index contributed by atoms with van der Waals surface area (Å²) in [4.78, 5) is 52.8. The van der Waals surface area contributed by atoms with E-state index in [1.807, 2.05) is 24.3 Å². The van der Waals surface area contributed by atoms with Crippen LogP contribution in [0.4, 0.5) is 0 Å². The van der Waals surface area contributed by atoms with Gasteiger partial charge in [-0.05, 0) is 50.9 Å². The highest BCUT2D eigenvalue weighted by atomic mass is 31.2. The number of rotatable bonds is 44. The molecule has 2 unspecified atom stereocenters. The van der Waals surface area contributed by atoms with E-state index in [1.165, 1.54) is 77.0 Å². The van der Waals surface area contributed by atoms with Crippen LogP contribution in [0, 0.1) is 5.92 Å². The molecule has 0 rings (SSSR count). The van der Waals surface area contributed by atoms with Crippen LogP contribution in [0.1, 0.15) is 188 Å². The van der Waals surface area contributed by atoms with Crippen LogP contribution in [0.5, 0.6) is 0 Å². The maximum absolute atomic E-state index is 12.7. The first-order valence-corrected chi connectivity index (χ1v) is 26.8. The van der Waals surface area contributed by atoms with Crippen molar-refractivity contribution in [3.63, 3.8) is 0 Å². The second-order valence-electron chi connectivity index (χ2n) is 16.4. The van der Waals surface area contributed by atoms with Crippen LogP contribution in [0.25, 0.3) is 0 Å². The summed E-state index contributed by atoms with van der Waals surface area (Å²) in [6.07, 6.45) is 38.7. The number of unbranched alkanes of at least 4 members (excludes halogenated alkanes) is 15. The molecule has 0 aromatic rings. The summed E-state index contributed by atoms with van der Waals surface area (Å²) < 4.78 is 47.8. The van der Waals surface area contributed by atoms with Crippen LogP contribution >= 0.6 is 15.6 Å². The minimum absolute atomic E-state index is 0.103. The van der Waals surface area contributed by atoms with Crippen molar-refractivity contribution >= 4 is 27.6 Å². The second kappa shape index (κ2) is 41.5. The lowest BCUT2D eigenvalue weighted by atomic mass is 9.99. The first kappa shape index (κ1) is 61.0. The molecule has 0 radical (unpaired) electrons. The molecule has 0 heterocycles. The number of hydrogen-bond donors (Lipinski definition) is 5. The molecule has 0 saturated heterocycles.